The second-order valence-electron chi connectivity index (χ2n) is 7.53. The molecule has 5 aromatic rings. The van der Waals surface area contributed by atoms with E-state index in [0.717, 1.165) is 35.7 Å². The Hall–Kier alpha value is -4.04. The molecule has 0 spiro atoms. The third-order valence-corrected chi connectivity index (χ3v) is 5.46. The van der Waals surface area contributed by atoms with Crippen LogP contribution >= 0.6 is 0 Å². The summed E-state index contributed by atoms with van der Waals surface area (Å²) < 4.78 is 13.4. The highest BCUT2D eigenvalue weighted by Crippen LogP contribution is 2.32. The second-order valence-corrected chi connectivity index (χ2v) is 7.53. The topological polar surface area (TPSA) is 82.1 Å². The first-order valence-corrected chi connectivity index (χ1v) is 10.5. The molecule has 0 bridgehead atoms. The zero-order valence-corrected chi connectivity index (χ0v) is 17.3. The fourth-order valence-corrected chi connectivity index (χ4v) is 3.84. The maximum absolute atomic E-state index is 6.20. The smallest absolute Gasteiger partial charge is 0.253 e. The summed E-state index contributed by atoms with van der Waals surface area (Å²) in [6, 6.07) is 17.8. The van der Waals surface area contributed by atoms with Gasteiger partial charge in [-0.3, -0.25) is 4.98 Å². The number of hydrogen-bond acceptors (Lipinski definition) is 7. The number of pyridine rings is 1. The van der Waals surface area contributed by atoms with Gasteiger partial charge in [-0.05, 0) is 17.7 Å². The van der Waals surface area contributed by atoms with Crippen molar-refractivity contribution in [3.63, 3.8) is 0 Å². The number of morpholine rings is 1. The molecule has 1 aliphatic heterocycles. The lowest BCUT2D eigenvalue weighted by Gasteiger charge is -2.27. The molecule has 158 valence electrons. The number of nitrogens with zero attached hydrogens (tertiary/aromatic N) is 6. The van der Waals surface area contributed by atoms with Gasteiger partial charge in [-0.2, -0.15) is 10.1 Å². The summed E-state index contributed by atoms with van der Waals surface area (Å²) in [7, 11) is 0. The average molecular weight is 424 g/mol. The Bertz CT molecular complexity index is 1360. The number of ether oxygens (including phenoxy) is 1. The Morgan fingerprint density at radius 1 is 0.875 bits per heavy atom. The van der Waals surface area contributed by atoms with Crippen LogP contribution in [0.3, 0.4) is 0 Å². The van der Waals surface area contributed by atoms with Crippen LogP contribution in [0.2, 0.25) is 0 Å². The highest BCUT2D eigenvalue weighted by atomic mass is 16.5. The van der Waals surface area contributed by atoms with Crippen LogP contribution in [0.5, 0.6) is 0 Å². The van der Waals surface area contributed by atoms with E-state index in [1.54, 1.807) is 10.9 Å². The Balaban J connectivity index is 1.48. The van der Waals surface area contributed by atoms with Gasteiger partial charge in [0.1, 0.15) is 11.2 Å². The van der Waals surface area contributed by atoms with Crippen LogP contribution in [-0.4, -0.2) is 51.0 Å². The van der Waals surface area contributed by atoms with Gasteiger partial charge >= 0.3 is 0 Å². The van der Waals surface area contributed by atoms with Gasteiger partial charge in [-0.25, -0.2) is 9.67 Å². The summed E-state index contributed by atoms with van der Waals surface area (Å²) in [5.41, 5.74) is 4.21. The molecule has 8 nitrogen and oxygen atoms in total. The molecule has 8 heteroatoms. The predicted molar refractivity (Wildman–Crippen MR) is 121 cm³/mol. The van der Waals surface area contributed by atoms with Crippen LogP contribution in [0.1, 0.15) is 0 Å². The third kappa shape index (κ3) is 3.40. The molecule has 5 heterocycles. The second kappa shape index (κ2) is 7.90. The van der Waals surface area contributed by atoms with Crippen molar-refractivity contribution in [1.82, 2.24) is 24.7 Å². The molecule has 0 atom stereocenters. The van der Waals surface area contributed by atoms with Crippen LogP contribution in [0.25, 0.3) is 39.6 Å². The minimum Gasteiger partial charge on any atom is -0.449 e. The zero-order chi connectivity index (χ0) is 21.3. The minimum absolute atomic E-state index is 0.495. The first-order valence-electron chi connectivity index (χ1n) is 10.5. The molecule has 1 aliphatic rings. The van der Waals surface area contributed by atoms with E-state index >= 15 is 0 Å². The fourth-order valence-electron chi connectivity index (χ4n) is 3.84. The molecule has 6 rings (SSSR count). The number of hydrogen-bond donors (Lipinski definition) is 0. The van der Waals surface area contributed by atoms with Crippen molar-refractivity contribution in [1.29, 1.82) is 0 Å². The number of fused-ring (bicyclic) bond motifs is 1. The summed E-state index contributed by atoms with van der Waals surface area (Å²) >= 11 is 0. The first-order chi connectivity index (χ1) is 15.8. The van der Waals surface area contributed by atoms with E-state index in [0.29, 0.717) is 36.0 Å². The summed E-state index contributed by atoms with van der Waals surface area (Å²) in [6.45, 7) is 2.77. The standard InChI is InChI=1S/C24H20N6O2/c1-2-6-17(7-3-1)18-15-26-30(16-18)24-27-20-14-21(19-8-4-5-9-25-19)32-22(20)23(28-24)29-10-12-31-13-11-29/h1-9,14-16H,10-13H2. The molecule has 1 fully saturated rings. The van der Waals surface area contributed by atoms with Gasteiger partial charge in [0.05, 0.1) is 19.4 Å². The van der Waals surface area contributed by atoms with E-state index in [-0.39, 0.29) is 0 Å². The molecular formula is C24H20N6O2. The van der Waals surface area contributed by atoms with E-state index in [1.807, 2.05) is 54.9 Å². The van der Waals surface area contributed by atoms with Crippen molar-refractivity contribution in [3.05, 3.63) is 73.2 Å². The average Bonchev–Trinajstić information content (AvgIpc) is 3.53. The molecule has 0 amide bonds. The molecule has 1 aromatic carbocycles. The first kappa shape index (κ1) is 18.7. The van der Waals surface area contributed by atoms with Gasteiger partial charge in [-0.15, -0.1) is 0 Å². The monoisotopic (exact) mass is 424 g/mol. The van der Waals surface area contributed by atoms with Gasteiger partial charge in [0, 0.05) is 37.1 Å². The SMILES string of the molecule is c1ccc(-c2cnn(-c3nc(N4CCOCC4)c4oc(-c5ccccn5)cc4n3)c2)cc1. The number of aromatic nitrogens is 5. The normalized spacial score (nSPS) is 14.2. The van der Waals surface area contributed by atoms with Crippen molar-refractivity contribution >= 4 is 16.9 Å². The lowest BCUT2D eigenvalue weighted by molar-refractivity contribution is 0.122. The van der Waals surface area contributed by atoms with Crippen LogP contribution in [0.15, 0.2) is 77.6 Å². The Morgan fingerprint density at radius 2 is 1.72 bits per heavy atom. The number of anilines is 1. The summed E-state index contributed by atoms with van der Waals surface area (Å²) in [5, 5.41) is 4.53. The van der Waals surface area contributed by atoms with E-state index in [2.05, 4.69) is 27.1 Å². The highest BCUT2D eigenvalue weighted by molar-refractivity contribution is 5.88. The lowest BCUT2D eigenvalue weighted by Crippen LogP contribution is -2.37. The van der Waals surface area contributed by atoms with E-state index in [4.69, 9.17) is 19.1 Å². The van der Waals surface area contributed by atoms with Crippen molar-refractivity contribution in [2.45, 2.75) is 0 Å². The molecule has 0 aliphatic carbocycles. The van der Waals surface area contributed by atoms with Crippen LogP contribution in [0, 0.1) is 0 Å². The number of benzene rings is 1. The van der Waals surface area contributed by atoms with Crippen molar-refractivity contribution in [3.8, 4) is 28.5 Å². The number of furan rings is 1. The molecule has 32 heavy (non-hydrogen) atoms. The van der Waals surface area contributed by atoms with Gasteiger partial charge in [0.25, 0.3) is 5.95 Å². The Kier molecular flexibility index (Phi) is 4.62. The number of rotatable bonds is 4. The molecule has 0 saturated carbocycles. The molecule has 0 unspecified atom stereocenters. The lowest BCUT2D eigenvalue weighted by atomic mass is 10.1. The van der Waals surface area contributed by atoms with Crippen molar-refractivity contribution in [2.75, 3.05) is 31.2 Å². The van der Waals surface area contributed by atoms with E-state index < -0.39 is 0 Å². The third-order valence-electron chi connectivity index (χ3n) is 5.46. The Labute approximate surface area is 184 Å². The van der Waals surface area contributed by atoms with Gasteiger partial charge in [0.2, 0.25) is 0 Å². The van der Waals surface area contributed by atoms with E-state index in [9.17, 15) is 0 Å². The zero-order valence-electron chi connectivity index (χ0n) is 17.3. The quantitative estimate of drug-likeness (QED) is 0.432. The van der Waals surface area contributed by atoms with E-state index in [1.165, 1.54) is 0 Å². The summed E-state index contributed by atoms with van der Waals surface area (Å²) in [4.78, 5) is 16.2. The van der Waals surface area contributed by atoms with Gasteiger partial charge in [0.15, 0.2) is 17.2 Å². The van der Waals surface area contributed by atoms with Gasteiger partial charge in [-0.1, -0.05) is 36.4 Å². The largest absolute Gasteiger partial charge is 0.449 e. The van der Waals surface area contributed by atoms with Crippen LogP contribution in [-0.2, 0) is 4.74 Å². The summed E-state index contributed by atoms with van der Waals surface area (Å²) in [5.74, 6) is 1.90. The van der Waals surface area contributed by atoms with Gasteiger partial charge < -0.3 is 14.1 Å². The Morgan fingerprint density at radius 3 is 2.53 bits per heavy atom. The maximum Gasteiger partial charge on any atom is 0.253 e. The van der Waals surface area contributed by atoms with Crippen molar-refractivity contribution < 1.29 is 9.15 Å². The van der Waals surface area contributed by atoms with Crippen LogP contribution in [0.4, 0.5) is 5.82 Å². The molecule has 1 saturated heterocycles. The highest BCUT2D eigenvalue weighted by Gasteiger charge is 2.22. The predicted octanol–water partition coefficient (Wildman–Crippen LogP) is 3.97. The maximum atomic E-state index is 6.20. The molecule has 0 radical (unpaired) electrons. The van der Waals surface area contributed by atoms with Crippen LogP contribution < -0.4 is 4.90 Å². The minimum atomic E-state index is 0.495. The molecular weight excluding hydrogens is 404 g/mol. The molecule has 0 N–H and O–H groups in total. The van der Waals surface area contributed by atoms with Crippen molar-refractivity contribution in [2.24, 2.45) is 0 Å². The summed E-state index contributed by atoms with van der Waals surface area (Å²) in [6.07, 6.45) is 5.52. The molecule has 4 aromatic heterocycles. The fraction of sp³-hybridized carbons (Fsp3) is 0.167.